The van der Waals surface area contributed by atoms with Crippen LogP contribution in [0.15, 0.2) is 24.3 Å². The zero-order valence-electron chi connectivity index (χ0n) is 10.8. The van der Waals surface area contributed by atoms with Gasteiger partial charge in [0.25, 0.3) is 0 Å². The highest BCUT2D eigenvalue weighted by atomic mass is 16.2. The third-order valence-electron chi connectivity index (χ3n) is 3.47. The van der Waals surface area contributed by atoms with Gasteiger partial charge in [-0.05, 0) is 23.6 Å². The highest BCUT2D eigenvalue weighted by molar-refractivity contribution is 5.81. The second-order valence-electron chi connectivity index (χ2n) is 4.69. The lowest BCUT2D eigenvalue weighted by atomic mass is 9.98. The van der Waals surface area contributed by atoms with Gasteiger partial charge in [0.05, 0.1) is 5.69 Å². The summed E-state index contributed by atoms with van der Waals surface area (Å²) in [6, 6.07) is 8.07. The third-order valence-corrected chi connectivity index (χ3v) is 3.47. The van der Waals surface area contributed by atoms with Crippen LogP contribution < -0.4 is 5.01 Å². The molecule has 1 unspecified atom stereocenters. The molecule has 1 aromatic carbocycles. The topological polar surface area (TPSA) is 40.6 Å². The van der Waals surface area contributed by atoms with E-state index in [-0.39, 0.29) is 11.8 Å². The van der Waals surface area contributed by atoms with Crippen LogP contribution in [0.3, 0.4) is 0 Å². The lowest BCUT2D eigenvalue weighted by Gasteiger charge is -2.26. The van der Waals surface area contributed by atoms with Crippen molar-refractivity contribution < 1.29 is 9.59 Å². The minimum Gasteiger partial charge on any atom is -0.303 e. The van der Waals surface area contributed by atoms with Gasteiger partial charge < -0.3 is 4.79 Å². The molecule has 0 N–H and O–H groups in total. The number of carbonyl (C=O) groups excluding carboxylic acids is 2. The van der Waals surface area contributed by atoms with Gasteiger partial charge in [-0.1, -0.05) is 19.1 Å². The highest BCUT2D eigenvalue weighted by Gasteiger charge is 2.25. The van der Waals surface area contributed by atoms with Gasteiger partial charge in [0.2, 0.25) is 5.91 Å². The van der Waals surface area contributed by atoms with Crippen LogP contribution in [-0.4, -0.2) is 30.8 Å². The van der Waals surface area contributed by atoms with Crippen molar-refractivity contribution in [2.75, 3.05) is 18.6 Å². The van der Waals surface area contributed by atoms with E-state index < -0.39 is 0 Å². The van der Waals surface area contributed by atoms with Gasteiger partial charge in [-0.3, -0.25) is 14.8 Å². The zero-order valence-corrected chi connectivity index (χ0v) is 10.8. The Morgan fingerprint density at radius 2 is 2.00 bits per heavy atom. The molecule has 96 valence electrons. The van der Waals surface area contributed by atoms with Crippen molar-refractivity contribution in [3.05, 3.63) is 29.8 Å². The van der Waals surface area contributed by atoms with Crippen LogP contribution in [0.4, 0.5) is 5.69 Å². The van der Waals surface area contributed by atoms with Gasteiger partial charge in [0, 0.05) is 26.4 Å². The van der Waals surface area contributed by atoms with E-state index in [1.54, 1.807) is 12.1 Å². The molecule has 1 aromatic rings. The summed E-state index contributed by atoms with van der Waals surface area (Å²) in [5.74, 6) is 0.392. The molecule has 0 bridgehead atoms. The second kappa shape index (κ2) is 5.21. The number of benzene rings is 1. The fourth-order valence-electron chi connectivity index (χ4n) is 2.21. The lowest BCUT2D eigenvalue weighted by molar-refractivity contribution is -0.126. The van der Waals surface area contributed by atoms with Crippen LogP contribution in [0.5, 0.6) is 0 Å². The fourth-order valence-corrected chi connectivity index (χ4v) is 2.21. The van der Waals surface area contributed by atoms with Crippen molar-refractivity contribution in [3.63, 3.8) is 0 Å². The predicted octanol–water partition coefficient (Wildman–Crippen LogP) is 1.96. The van der Waals surface area contributed by atoms with E-state index in [2.05, 4.69) is 0 Å². The first kappa shape index (κ1) is 12.6. The average Bonchev–Trinajstić information content (AvgIpc) is 2.71. The molecule has 18 heavy (non-hydrogen) atoms. The molecule has 1 amide bonds. The standard InChI is InChI=1S/C14H18N2O2/c1-11(8-10-17)12-3-5-13(6-4-12)16-9-7-14(18)15(16)2/h3-6,10-11H,7-9H2,1-2H3. The maximum absolute atomic E-state index is 11.5. The number of anilines is 1. The van der Waals surface area contributed by atoms with E-state index in [0.29, 0.717) is 12.8 Å². The molecular formula is C14H18N2O2. The molecule has 0 aliphatic carbocycles. The summed E-state index contributed by atoms with van der Waals surface area (Å²) in [6.45, 7) is 2.77. The molecular weight excluding hydrogens is 228 g/mol. The van der Waals surface area contributed by atoms with E-state index in [1.165, 1.54) is 0 Å². The number of amides is 1. The summed E-state index contributed by atoms with van der Waals surface area (Å²) in [7, 11) is 1.79. The number of hydrogen-bond acceptors (Lipinski definition) is 3. The largest absolute Gasteiger partial charge is 0.303 e. The van der Waals surface area contributed by atoms with Crippen LogP contribution in [0, 0.1) is 0 Å². The van der Waals surface area contributed by atoms with Crippen molar-refractivity contribution in [1.29, 1.82) is 0 Å². The second-order valence-corrected chi connectivity index (χ2v) is 4.69. The summed E-state index contributed by atoms with van der Waals surface area (Å²) in [6.07, 6.45) is 2.06. The maximum Gasteiger partial charge on any atom is 0.242 e. The summed E-state index contributed by atoms with van der Waals surface area (Å²) in [5, 5.41) is 3.63. The van der Waals surface area contributed by atoms with Crippen molar-refractivity contribution in [2.45, 2.75) is 25.7 Å². The number of hydrazine groups is 1. The van der Waals surface area contributed by atoms with Crippen LogP contribution in [0.1, 0.15) is 31.2 Å². The molecule has 1 saturated heterocycles. The first-order valence-corrected chi connectivity index (χ1v) is 6.21. The lowest BCUT2D eigenvalue weighted by Crippen LogP contribution is -2.35. The number of nitrogens with zero attached hydrogens (tertiary/aromatic N) is 2. The molecule has 0 aromatic heterocycles. The normalized spacial score (nSPS) is 17.1. The van der Waals surface area contributed by atoms with E-state index in [1.807, 2.05) is 36.2 Å². The Morgan fingerprint density at radius 1 is 1.33 bits per heavy atom. The van der Waals surface area contributed by atoms with E-state index in [4.69, 9.17) is 0 Å². The smallest absolute Gasteiger partial charge is 0.242 e. The van der Waals surface area contributed by atoms with Crippen molar-refractivity contribution in [2.24, 2.45) is 0 Å². The summed E-state index contributed by atoms with van der Waals surface area (Å²) in [5.41, 5.74) is 2.17. The Morgan fingerprint density at radius 3 is 2.50 bits per heavy atom. The van der Waals surface area contributed by atoms with Gasteiger partial charge in [-0.25, -0.2) is 0 Å². The number of carbonyl (C=O) groups is 2. The monoisotopic (exact) mass is 246 g/mol. The first-order chi connectivity index (χ1) is 8.63. The molecule has 1 aliphatic heterocycles. The van der Waals surface area contributed by atoms with Gasteiger partial charge in [0.15, 0.2) is 0 Å². The Kier molecular flexibility index (Phi) is 3.65. The zero-order chi connectivity index (χ0) is 13.1. The Labute approximate surface area is 107 Å². The maximum atomic E-state index is 11.5. The predicted molar refractivity (Wildman–Crippen MR) is 70.3 cm³/mol. The van der Waals surface area contributed by atoms with Gasteiger partial charge in [-0.2, -0.15) is 0 Å². The van der Waals surface area contributed by atoms with Gasteiger partial charge in [-0.15, -0.1) is 0 Å². The molecule has 1 aliphatic rings. The molecule has 0 saturated carbocycles. The summed E-state index contributed by atoms with van der Waals surface area (Å²) >= 11 is 0. The molecule has 1 fully saturated rings. The molecule has 4 nitrogen and oxygen atoms in total. The highest BCUT2D eigenvalue weighted by Crippen LogP contribution is 2.25. The summed E-state index contributed by atoms with van der Waals surface area (Å²) in [4.78, 5) is 22.0. The van der Waals surface area contributed by atoms with Gasteiger partial charge >= 0.3 is 0 Å². The molecule has 0 spiro atoms. The Hall–Kier alpha value is -1.84. The first-order valence-electron chi connectivity index (χ1n) is 6.21. The number of hydrogen-bond donors (Lipinski definition) is 0. The number of rotatable bonds is 4. The molecule has 4 heteroatoms. The molecule has 2 rings (SSSR count). The molecule has 0 radical (unpaired) electrons. The van der Waals surface area contributed by atoms with Crippen LogP contribution in [-0.2, 0) is 9.59 Å². The minimum atomic E-state index is 0.147. The Balaban J connectivity index is 2.12. The van der Waals surface area contributed by atoms with Gasteiger partial charge in [0.1, 0.15) is 6.29 Å². The fraction of sp³-hybridized carbons (Fsp3) is 0.429. The number of aldehydes is 1. The van der Waals surface area contributed by atoms with E-state index >= 15 is 0 Å². The van der Waals surface area contributed by atoms with E-state index in [0.717, 1.165) is 24.1 Å². The Bertz CT molecular complexity index is 442. The van der Waals surface area contributed by atoms with Crippen molar-refractivity contribution >= 4 is 17.9 Å². The SMILES string of the molecule is CC(CC=O)c1ccc(N2CCC(=O)N2C)cc1. The van der Waals surface area contributed by atoms with E-state index in [9.17, 15) is 9.59 Å². The van der Waals surface area contributed by atoms with Crippen molar-refractivity contribution in [3.8, 4) is 0 Å². The quantitative estimate of drug-likeness (QED) is 0.763. The molecule has 1 heterocycles. The average molecular weight is 246 g/mol. The summed E-state index contributed by atoms with van der Waals surface area (Å²) < 4.78 is 0. The van der Waals surface area contributed by atoms with Crippen molar-refractivity contribution in [1.82, 2.24) is 5.01 Å². The molecule has 1 atom stereocenters. The van der Waals surface area contributed by atoms with Crippen LogP contribution in [0.25, 0.3) is 0 Å². The van der Waals surface area contributed by atoms with Crippen LogP contribution >= 0.6 is 0 Å². The minimum absolute atomic E-state index is 0.147. The third kappa shape index (κ3) is 2.37. The van der Waals surface area contributed by atoms with Crippen LogP contribution in [0.2, 0.25) is 0 Å².